The average molecular weight is 314 g/mol. The SMILES string of the molecule is CCCCCC=CC=CC(=O)NC(C)CCCc1cccnc1. The van der Waals surface area contributed by atoms with E-state index in [0.29, 0.717) is 0 Å². The summed E-state index contributed by atoms with van der Waals surface area (Å²) in [5.41, 5.74) is 1.25. The highest BCUT2D eigenvalue weighted by Crippen LogP contribution is 2.05. The third-order valence-corrected chi connectivity index (χ3v) is 3.68. The lowest BCUT2D eigenvalue weighted by atomic mass is 10.1. The molecule has 1 unspecified atom stereocenters. The fourth-order valence-corrected chi connectivity index (χ4v) is 2.35. The van der Waals surface area contributed by atoms with Crippen LogP contribution in [0.1, 0.15) is 57.9 Å². The second-order valence-corrected chi connectivity index (χ2v) is 5.95. The van der Waals surface area contributed by atoms with Crippen LogP contribution in [0.2, 0.25) is 0 Å². The molecule has 1 amide bonds. The smallest absolute Gasteiger partial charge is 0.244 e. The number of allylic oxidation sites excluding steroid dienone is 3. The van der Waals surface area contributed by atoms with Crippen LogP contribution in [-0.4, -0.2) is 16.9 Å². The van der Waals surface area contributed by atoms with Crippen molar-refractivity contribution in [2.24, 2.45) is 0 Å². The lowest BCUT2D eigenvalue weighted by Crippen LogP contribution is -2.31. The fraction of sp³-hybridized carbons (Fsp3) is 0.500. The highest BCUT2D eigenvalue weighted by Gasteiger charge is 2.04. The molecule has 0 aliphatic rings. The number of amides is 1. The minimum atomic E-state index is -0.0166. The molecule has 3 nitrogen and oxygen atoms in total. The number of nitrogens with one attached hydrogen (secondary N) is 1. The molecular formula is C20H30N2O. The van der Waals surface area contributed by atoms with Crippen molar-refractivity contribution >= 4 is 5.91 Å². The summed E-state index contributed by atoms with van der Waals surface area (Å²) >= 11 is 0. The first-order valence-corrected chi connectivity index (χ1v) is 8.75. The van der Waals surface area contributed by atoms with Gasteiger partial charge < -0.3 is 5.32 Å². The Labute approximate surface area is 140 Å². The van der Waals surface area contributed by atoms with Crippen molar-refractivity contribution in [1.82, 2.24) is 10.3 Å². The van der Waals surface area contributed by atoms with E-state index in [9.17, 15) is 4.79 Å². The van der Waals surface area contributed by atoms with Gasteiger partial charge in [0.1, 0.15) is 0 Å². The number of carbonyl (C=O) groups is 1. The van der Waals surface area contributed by atoms with Gasteiger partial charge in [-0.1, -0.05) is 44.1 Å². The van der Waals surface area contributed by atoms with Gasteiger partial charge in [0.2, 0.25) is 5.91 Å². The minimum Gasteiger partial charge on any atom is -0.350 e. The third kappa shape index (κ3) is 10.5. The number of unbranched alkanes of at least 4 members (excludes halogenated alkanes) is 3. The summed E-state index contributed by atoms with van der Waals surface area (Å²) in [7, 11) is 0. The molecule has 1 heterocycles. The van der Waals surface area contributed by atoms with E-state index in [4.69, 9.17) is 0 Å². The van der Waals surface area contributed by atoms with Crippen LogP contribution < -0.4 is 5.32 Å². The summed E-state index contributed by atoms with van der Waals surface area (Å²) in [6, 6.07) is 4.24. The van der Waals surface area contributed by atoms with Gasteiger partial charge in [-0.15, -0.1) is 0 Å². The van der Waals surface area contributed by atoms with Crippen molar-refractivity contribution in [2.75, 3.05) is 0 Å². The summed E-state index contributed by atoms with van der Waals surface area (Å²) < 4.78 is 0. The number of aromatic nitrogens is 1. The maximum Gasteiger partial charge on any atom is 0.244 e. The maximum atomic E-state index is 11.8. The molecule has 0 saturated carbocycles. The van der Waals surface area contributed by atoms with Gasteiger partial charge in [-0.05, 0) is 50.7 Å². The van der Waals surface area contributed by atoms with Gasteiger partial charge in [0.25, 0.3) is 0 Å². The highest BCUT2D eigenvalue weighted by molar-refractivity contribution is 5.87. The second-order valence-electron chi connectivity index (χ2n) is 5.95. The van der Waals surface area contributed by atoms with Crippen molar-refractivity contribution in [3.8, 4) is 0 Å². The zero-order valence-corrected chi connectivity index (χ0v) is 14.5. The second kappa shape index (κ2) is 12.6. The Balaban J connectivity index is 2.13. The number of aryl methyl sites for hydroxylation is 1. The van der Waals surface area contributed by atoms with Gasteiger partial charge in [0, 0.05) is 24.5 Å². The number of hydrogen-bond donors (Lipinski definition) is 1. The molecule has 0 aliphatic heterocycles. The van der Waals surface area contributed by atoms with E-state index in [-0.39, 0.29) is 11.9 Å². The zero-order chi connectivity index (χ0) is 16.8. The normalized spacial score (nSPS) is 12.8. The van der Waals surface area contributed by atoms with Crippen LogP contribution in [0.25, 0.3) is 0 Å². The van der Waals surface area contributed by atoms with Gasteiger partial charge in [-0.2, -0.15) is 0 Å². The maximum absolute atomic E-state index is 11.8. The fourth-order valence-electron chi connectivity index (χ4n) is 2.35. The van der Waals surface area contributed by atoms with Gasteiger partial charge in [-0.25, -0.2) is 0 Å². The molecule has 0 aliphatic carbocycles. The van der Waals surface area contributed by atoms with Crippen molar-refractivity contribution in [1.29, 1.82) is 0 Å². The predicted molar refractivity (Wildman–Crippen MR) is 97.2 cm³/mol. The Kier molecular flexibility index (Phi) is 10.5. The summed E-state index contributed by atoms with van der Waals surface area (Å²) in [5.74, 6) is -0.0166. The first-order chi connectivity index (χ1) is 11.2. The Hall–Kier alpha value is -1.90. The molecule has 23 heavy (non-hydrogen) atoms. The van der Waals surface area contributed by atoms with E-state index in [1.807, 2.05) is 24.4 Å². The van der Waals surface area contributed by atoms with Crippen LogP contribution in [0.4, 0.5) is 0 Å². The number of pyridine rings is 1. The molecule has 1 N–H and O–H groups in total. The van der Waals surface area contributed by atoms with Gasteiger partial charge in [0.05, 0.1) is 0 Å². The summed E-state index contributed by atoms with van der Waals surface area (Å²) in [6.45, 7) is 4.25. The third-order valence-electron chi connectivity index (χ3n) is 3.68. The van der Waals surface area contributed by atoms with Gasteiger partial charge in [0.15, 0.2) is 0 Å². The van der Waals surface area contributed by atoms with Crippen LogP contribution in [-0.2, 0) is 11.2 Å². The molecule has 1 rings (SSSR count). The molecule has 3 heteroatoms. The topological polar surface area (TPSA) is 42.0 Å². The van der Waals surface area contributed by atoms with E-state index in [0.717, 1.165) is 25.7 Å². The lowest BCUT2D eigenvalue weighted by molar-refractivity contribution is -0.117. The Morgan fingerprint density at radius 3 is 2.91 bits per heavy atom. The van der Waals surface area contributed by atoms with Gasteiger partial charge in [-0.3, -0.25) is 9.78 Å². The van der Waals surface area contributed by atoms with Crippen molar-refractivity contribution in [3.63, 3.8) is 0 Å². The van der Waals surface area contributed by atoms with Crippen LogP contribution in [0, 0.1) is 0 Å². The standard InChI is InChI=1S/C20H30N2O/c1-3-4-5-6-7-8-9-15-20(23)22-18(2)12-10-13-19-14-11-16-21-17-19/h7-9,11,14-18H,3-6,10,12-13H2,1-2H3,(H,22,23). The van der Waals surface area contributed by atoms with E-state index in [1.54, 1.807) is 12.3 Å². The number of carbonyl (C=O) groups excluding carboxylic acids is 1. The number of nitrogens with zero attached hydrogens (tertiary/aromatic N) is 1. The minimum absolute atomic E-state index is 0.0166. The van der Waals surface area contributed by atoms with Crippen LogP contribution in [0.15, 0.2) is 48.8 Å². The molecule has 126 valence electrons. The molecule has 0 bridgehead atoms. The van der Waals surface area contributed by atoms with Crippen LogP contribution >= 0.6 is 0 Å². The monoisotopic (exact) mass is 314 g/mol. The van der Waals surface area contributed by atoms with Crippen molar-refractivity contribution in [3.05, 3.63) is 54.4 Å². The summed E-state index contributed by atoms with van der Waals surface area (Å²) in [4.78, 5) is 15.9. The molecule has 0 spiro atoms. The molecule has 0 radical (unpaired) electrons. The number of rotatable bonds is 11. The molecule has 0 fully saturated rings. The van der Waals surface area contributed by atoms with E-state index < -0.39 is 0 Å². The Bertz CT molecular complexity index is 480. The van der Waals surface area contributed by atoms with E-state index in [2.05, 4.69) is 36.3 Å². The van der Waals surface area contributed by atoms with Crippen molar-refractivity contribution in [2.45, 2.75) is 64.8 Å². The first kappa shape index (κ1) is 19.1. The first-order valence-electron chi connectivity index (χ1n) is 8.75. The van der Waals surface area contributed by atoms with E-state index >= 15 is 0 Å². The van der Waals surface area contributed by atoms with Crippen molar-refractivity contribution < 1.29 is 4.79 Å². The lowest BCUT2D eigenvalue weighted by Gasteiger charge is -2.12. The molecule has 1 atom stereocenters. The quantitative estimate of drug-likeness (QED) is 0.368. The van der Waals surface area contributed by atoms with Crippen LogP contribution in [0.3, 0.4) is 0 Å². The summed E-state index contributed by atoms with van der Waals surface area (Å²) in [5, 5.41) is 3.00. The zero-order valence-electron chi connectivity index (χ0n) is 14.5. The average Bonchev–Trinajstić information content (AvgIpc) is 2.55. The van der Waals surface area contributed by atoms with E-state index in [1.165, 1.54) is 24.8 Å². The molecular weight excluding hydrogens is 284 g/mol. The molecule has 0 saturated heterocycles. The highest BCUT2D eigenvalue weighted by atomic mass is 16.1. The Morgan fingerprint density at radius 2 is 2.17 bits per heavy atom. The largest absolute Gasteiger partial charge is 0.350 e. The molecule has 0 aromatic carbocycles. The molecule has 1 aromatic heterocycles. The number of hydrogen-bond acceptors (Lipinski definition) is 2. The van der Waals surface area contributed by atoms with Gasteiger partial charge >= 0.3 is 0 Å². The summed E-state index contributed by atoms with van der Waals surface area (Å²) in [6.07, 6.45) is 19.0. The Morgan fingerprint density at radius 1 is 1.30 bits per heavy atom. The molecule has 1 aromatic rings. The van der Waals surface area contributed by atoms with Crippen LogP contribution in [0.5, 0.6) is 0 Å². The predicted octanol–water partition coefficient (Wildman–Crippen LogP) is 4.60.